The maximum Gasteiger partial charge on any atom is 0.262 e. The molecule has 2 aromatic carbocycles. The maximum absolute atomic E-state index is 11.8. The normalized spacial score (nSPS) is 14.7. The SMILES string of the molecule is NN1C(=O)CN=C(c2ccccc2)c2ccccc21. The number of hydrazine groups is 1. The van der Waals surface area contributed by atoms with Crippen LogP contribution in [0.25, 0.3) is 0 Å². The number of anilines is 1. The number of rotatable bonds is 1. The van der Waals surface area contributed by atoms with Gasteiger partial charge in [-0.25, -0.2) is 10.9 Å². The third kappa shape index (κ3) is 2.02. The van der Waals surface area contributed by atoms with Crippen LogP contribution in [0.1, 0.15) is 11.1 Å². The number of nitrogens with zero attached hydrogens (tertiary/aromatic N) is 2. The average molecular weight is 251 g/mol. The van der Waals surface area contributed by atoms with Crippen LogP contribution in [0.2, 0.25) is 0 Å². The first kappa shape index (κ1) is 11.6. The lowest BCUT2D eigenvalue weighted by molar-refractivity contribution is -0.117. The quantitative estimate of drug-likeness (QED) is 0.620. The molecule has 0 atom stereocenters. The zero-order valence-electron chi connectivity index (χ0n) is 10.3. The van der Waals surface area contributed by atoms with E-state index in [9.17, 15) is 4.79 Å². The molecule has 0 fully saturated rings. The second kappa shape index (κ2) is 4.66. The van der Waals surface area contributed by atoms with Gasteiger partial charge in [-0.2, -0.15) is 0 Å². The van der Waals surface area contributed by atoms with Crippen molar-refractivity contribution in [2.24, 2.45) is 10.8 Å². The highest BCUT2D eigenvalue weighted by atomic mass is 16.2. The van der Waals surface area contributed by atoms with Crippen LogP contribution in [0, 0.1) is 0 Å². The van der Waals surface area contributed by atoms with E-state index in [2.05, 4.69) is 4.99 Å². The van der Waals surface area contributed by atoms with Gasteiger partial charge in [0, 0.05) is 11.1 Å². The number of benzodiazepines with no additional fused rings is 1. The summed E-state index contributed by atoms with van der Waals surface area (Å²) in [6, 6.07) is 17.4. The van der Waals surface area contributed by atoms with Crippen LogP contribution >= 0.6 is 0 Å². The summed E-state index contributed by atoms with van der Waals surface area (Å²) in [4.78, 5) is 16.3. The zero-order valence-corrected chi connectivity index (χ0v) is 10.3. The molecule has 94 valence electrons. The van der Waals surface area contributed by atoms with Crippen molar-refractivity contribution in [2.75, 3.05) is 11.6 Å². The van der Waals surface area contributed by atoms with Crippen molar-refractivity contribution in [3.05, 3.63) is 65.7 Å². The summed E-state index contributed by atoms with van der Waals surface area (Å²) in [5.74, 6) is 5.63. The summed E-state index contributed by atoms with van der Waals surface area (Å²) < 4.78 is 0. The van der Waals surface area contributed by atoms with E-state index in [1.807, 2.05) is 54.6 Å². The molecule has 1 amide bonds. The Morgan fingerprint density at radius 3 is 2.47 bits per heavy atom. The van der Waals surface area contributed by atoms with Crippen molar-refractivity contribution in [3.8, 4) is 0 Å². The standard InChI is InChI=1S/C15H13N3O/c16-18-13-9-5-4-8-12(13)15(17-10-14(18)19)11-6-2-1-3-7-11/h1-9H,10,16H2. The molecule has 1 aliphatic rings. The van der Waals surface area contributed by atoms with Crippen LogP contribution in [0.15, 0.2) is 59.6 Å². The number of hydrogen-bond donors (Lipinski definition) is 1. The molecule has 0 spiro atoms. The number of fused-ring (bicyclic) bond motifs is 1. The Morgan fingerprint density at radius 1 is 1.00 bits per heavy atom. The predicted octanol–water partition coefficient (Wildman–Crippen LogP) is 1.74. The first-order valence-electron chi connectivity index (χ1n) is 6.04. The molecule has 0 saturated carbocycles. The topological polar surface area (TPSA) is 58.7 Å². The summed E-state index contributed by atoms with van der Waals surface area (Å²) in [6.45, 7) is 0.0649. The number of para-hydroxylation sites is 1. The van der Waals surface area contributed by atoms with E-state index < -0.39 is 0 Å². The number of benzene rings is 2. The molecule has 0 radical (unpaired) electrons. The van der Waals surface area contributed by atoms with Crippen molar-refractivity contribution in [1.29, 1.82) is 0 Å². The van der Waals surface area contributed by atoms with Crippen LogP contribution in [-0.2, 0) is 4.79 Å². The fourth-order valence-electron chi connectivity index (χ4n) is 2.17. The van der Waals surface area contributed by atoms with E-state index >= 15 is 0 Å². The lowest BCUT2D eigenvalue weighted by Gasteiger charge is -2.16. The van der Waals surface area contributed by atoms with Gasteiger partial charge in [-0.05, 0) is 6.07 Å². The van der Waals surface area contributed by atoms with Crippen LogP contribution < -0.4 is 10.9 Å². The summed E-state index contributed by atoms with van der Waals surface area (Å²) in [5.41, 5.74) is 3.35. The van der Waals surface area contributed by atoms with E-state index in [0.29, 0.717) is 5.69 Å². The molecule has 0 aliphatic carbocycles. The number of amides is 1. The van der Waals surface area contributed by atoms with Crippen molar-refractivity contribution in [1.82, 2.24) is 0 Å². The second-order valence-corrected chi connectivity index (χ2v) is 4.31. The monoisotopic (exact) mass is 251 g/mol. The van der Waals surface area contributed by atoms with Crippen LogP contribution in [0.5, 0.6) is 0 Å². The minimum atomic E-state index is -0.210. The van der Waals surface area contributed by atoms with E-state index in [4.69, 9.17) is 5.84 Å². The Balaban J connectivity index is 2.20. The Labute approximate surface area is 111 Å². The molecule has 1 aliphatic heterocycles. The lowest BCUT2D eigenvalue weighted by Crippen LogP contribution is -2.38. The molecular formula is C15H13N3O. The number of nitrogens with two attached hydrogens (primary N) is 1. The highest BCUT2D eigenvalue weighted by Gasteiger charge is 2.22. The Bertz CT molecular complexity index is 649. The fourth-order valence-corrected chi connectivity index (χ4v) is 2.17. The summed E-state index contributed by atoms with van der Waals surface area (Å²) in [7, 11) is 0. The summed E-state index contributed by atoms with van der Waals surface area (Å²) >= 11 is 0. The summed E-state index contributed by atoms with van der Waals surface area (Å²) in [5, 5.41) is 1.18. The smallest absolute Gasteiger partial charge is 0.262 e. The average Bonchev–Trinajstić information content (AvgIpc) is 2.59. The van der Waals surface area contributed by atoms with Gasteiger partial charge in [-0.15, -0.1) is 0 Å². The zero-order chi connectivity index (χ0) is 13.2. The number of carbonyl (C=O) groups excluding carboxylic acids is 1. The first-order chi connectivity index (χ1) is 9.27. The minimum absolute atomic E-state index is 0.0649. The van der Waals surface area contributed by atoms with Crippen LogP contribution in [-0.4, -0.2) is 18.2 Å². The molecule has 0 saturated heterocycles. The van der Waals surface area contributed by atoms with Crippen LogP contribution in [0.4, 0.5) is 5.69 Å². The van der Waals surface area contributed by atoms with Gasteiger partial charge in [0.05, 0.1) is 11.4 Å². The highest BCUT2D eigenvalue weighted by molar-refractivity contribution is 6.19. The molecule has 3 rings (SSSR count). The molecular weight excluding hydrogens is 238 g/mol. The molecule has 0 bridgehead atoms. The Hall–Kier alpha value is -2.46. The molecule has 2 N–H and O–H groups in total. The van der Waals surface area contributed by atoms with Crippen molar-refractivity contribution < 1.29 is 4.79 Å². The molecule has 4 heteroatoms. The predicted molar refractivity (Wildman–Crippen MR) is 75.1 cm³/mol. The number of hydrogen-bond acceptors (Lipinski definition) is 3. The van der Waals surface area contributed by atoms with Crippen molar-refractivity contribution in [2.45, 2.75) is 0 Å². The van der Waals surface area contributed by atoms with E-state index in [1.54, 1.807) is 0 Å². The molecule has 4 nitrogen and oxygen atoms in total. The van der Waals surface area contributed by atoms with Gasteiger partial charge in [-0.1, -0.05) is 48.5 Å². The van der Waals surface area contributed by atoms with Gasteiger partial charge in [-0.3, -0.25) is 9.79 Å². The Morgan fingerprint density at radius 2 is 1.68 bits per heavy atom. The second-order valence-electron chi connectivity index (χ2n) is 4.31. The largest absolute Gasteiger partial charge is 0.274 e. The van der Waals surface area contributed by atoms with E-state index in [0.717, 1.165) is 16.8 Å². The molecule has 0 unspecified atom stereocenters. The van der Waals surface area contributed by atoms with Gasteiger partial charge in [0.15, 0.2) is 0 Å². The molecule has 1 heterocycles. The van der Waals surface area contributed by atoms with Gasteiger partial charge >= 0.3 is 0 Å². The third-order valence-electron chi connectivity index (χ3n) is 3.11. The maximum atomic E-state index is 11.8. The number of aliphatic imine (C=N–C) groups is 1. The fraction of sp³-hybridized carbons (Fsp3) is 0.0667. The number of carbonyl (C=O) groups is 1. The van der Waals surface area contributed by atoms with E-state index in [1.165, 1.54) is 5.01 Å². The Kier molecular flexibility index (Phi) is 2.85. The van der Waals surface area contributed by atoms with Gasteiger partial charge < -0.3 is 0 Å². The molecule has 2 aromatic rings. The van der Waals surface area contributed by atoms with Crippen molar-refractivity contribution in [3.63, 3.8) is 0 Å². The molecule has 0 aromatic heterocycles. The minimum Gasteiger partial charge on any atom is -0.274 e. The lowest BCUT2D eigenvalue weighted by atomic mass is 10.0. The van der Waals surface area contributed by atoms with Gasteiger partial charge in [0.1, 0.15) is 6.54 Å². The van der Waals surface area contributed by atoms with Gasteiger partial charge in [0.25, 0.3) is 5.91 Å². The van der Waals surface area contributed by atoms with Crippen molar-refractivity contribution >= 4 is 17.3 Å². The highest BCUT2D eigenvalue weighted by Crippen LogP contribution is 2.24. The summed E-state index contributed by atoms with van der Waals surface area (Å²) in [6.07, 6.45) is 0. The van der Waals surface area contributed by atoms with Gasteiger partial charge in [0.2, 0.25) is 0 Å². The first-order valence-corrected chi connectivity index (χ1v) is 6.04. The third-order valence-corrected chi connectivity index (χ3v) is 3.11. The van der Waals surface area contributed by atoms with E-state index in [-0.39, 0.29) is 12.5 Å². The molecule has 19 heavy (non-hydrogen) atoms. The van der Waals surface area contributed by atoms with Crippen LogP contribution in [0.3, 0.4) is 0 Å².